The zero-order valence-electron chi connectivity index (χ0n) is 9.38. The topological polar surface area (TPSA) is 24.9 Å². The largest absolute Gasteiger partial charge is 0.313 e. The molecule has 0 aromatic carbocycles. The Labute approximate surface area is 86.8 Å². The third-order valence-corrected chi connectivity index (χ3v) is 2.35. The molecule has 1 heterocycles. The van der Waals surface area contributed by atoms with Gasteiger partial charge in [0.15, 0.2) is 0 Å². The lowest BCUT2D eigenvalue weighted by molar-refractivity contribution is 0.537. The predicted molar refractivity (Wildman–Crippen MR) is 60.1 cm³/mol. The number of aryl methyl sites for hydroxylation is 1. The number of nitrogens with zero attached hydrogens (tertiary/aromatic N) is 1. The Morgan fingerprint density at radius 1 is 1.43 bits per heavy atom. The van der Waals surface area contributed by atoms with Gasteiger partial charge in [-0.2, -0.15) is 0 Å². The highest BCUT2D eigenvalue weighted by atomic mass is 14.8. The van der Waals surface area contributed by atoms with Crippen molar-refractivity contribution < 1.29 is 0 Å². The van der Waals surface area contributed by atoms with Crippen LogP contribution in [0.4, 0.5) is 0 Å². The standard InChI is InChI=1S/C12H20N2/c1-10(2)4-6-14-9-12-5-7-13-8-11(12)3/h5,7-8,10,14H,4,6,9H2,1-3H3. The van der Waals surface area contributed by atoms with E-state index in [9.17, 15) is 0 Å². The first-order chi connectivity index (χ1) is 6.70. The van der Waals surface area contributed by atoms with Gasteiger partial charge in [-0.15, -0.1) is 0 Å². The summed E-state index contributed by atoms with van der Waals surface area (Å²) in [5, 5.41) is 3.45. The van der Waals surface area contributed by atoms with Crippen LogP contribution < -0.4 is 5.32 Å². The fraction of sp³-hybridized carbons (Fsp3) is 0.583. The van der Waals surface area contributed by atoms with E-state index in [4.69, 9.17) is 0 Å². The van der Waals surface area contributed by atoms with E-state index in [1.165, 1.54) is 17.5 Å². The van der Waals surface area contributed by atoms with E-state index in [1.807, 2.05) is 12.4 Å². The van der Waals surface area contributed by atoms with Crippen LogP contribution in [0.5, 0.6) is 0 Å². The molecule has 0 aliphatic heterocycles. The Bertz CT molecular complexity index is 269. The van der Waals surface area contributed by atoms with E-state index in [1.54, 1.807) is 0 Å². The molecule has 1 aromatic heterocycles. The summed E-state index contributed by atoms with van der Waals surface area (Å²) in [5.41, 5.74) is 2.62. The minimum atomic E-state index is 0.779. The molecule has 1 N–H and O–H groups in total. The molecule has 78 valence electrons. The van der Waals surface area contributed by atoms with Gasteiger partial charge in [0.25, 0.3) is 0 Å². The van der Waals surface area contributed by atoms with Gasteiger partial charge in [-0.1, -0.05) is 13.8 Å². The molecule has 0 fully saturated rings. The SMILES string of the molecule is Cc1cnccc1CNCCC(C)C. The van der Waals surface area contributed by atoms with Crippen LogP contribution in [0.25, 0.3) is 0 Å². The molecule has 0 saturated heterocycles. The maximum Gasteiger partial charge on any atom is 0.0300 e. The Balaban J connectivity index is 2.28. The van der Waals surface area contributed by atoms with E-state index in [2.05, 4.69) is 37.1 Å². The predicted octanol–water partition coefficient (Wildman–Crippen LogP) is 2.53. The van der Waals surface area contributed by atoms with Gasteiger partial charge in [0, 0.05) is 18.9 Å². The molecule has 0 unspecified atom stereocenters. The zero-order valence-corrected chi connectivity index (χ0v) is 9.38. The highest BCUT2D eigenvalue weighted by Crippen LogP contribution is 2.04. The Morgan fingerprint density at radius 2 is 2.21 bits per heavy atom. The van der Waals surface area contributed by atoms with Gasteiger partial charge < -0.3 is 5.32 Å². The van der Waals surface area contributed by atoms with E-state index < -0.39 is 0 Å². The summed E-state index contributed by atoms with van der Waals surface area (Å²) in [4.78, 5) is 4.07. The van der Waals surface area contributed by atoms with Gasteiger partial charge in [-0.3, -0.25) is 4.98 Å². The number of rotatable bonds is 5. The molecule has 1 rings (SSSR count). The van der Waals surface area contributed by atoms with Gasteiger partial charge in [0.05, 0.1) is 0 Å². The lowest BCUT2D eigenvalue weighted by atomic mass is 10.1. The van der Waals surface area contributed by atoms with Crippen LogP contribution in [0.15, 0.2) is 18.5 Å². The van der Waals surface area contributed by atoms with Crippen LogP contribution in [0.3, 0.4) is 0 Å². The first-order valence-corrected chi connectivity index (χ1v) is 5.30. The van der Waals surface area contributed by atoms with Crippen LogP contribution in [0.1, 0.15) is 31.4 Å². The van der Waals surface area contributed by atoms with Gasteiger partial charge in [-0.25, -0.2) is 0 Å². The van der Waals surface area contributed by atoms with Crippen molar-refractivity contribution in [2.24, 2.45) is 5.92 Å². The zero-order chi connectivity index (χ0) is 10.4. The van der Waals surface area contributed by atoms with Gasteiger partial charge in [0.2, 0.25) is 0 Å². The van der Waals surface area contributed by atoms with Crippen LogP contribution in [0, 0.1) is 12.8 Å². The highest BCUT2D eigenvalue weighted by Gasteiger charge is 1.97. The smallest absolute Gasteiger partial charge is 0.0300 e. The number of hydrogen-bond acceptors (Lipinski definition) is 2. The van der Waals surface area contributed by atoms with E-state index >= 15 is 0 Å². The normalized spacial score (nSPS) is 10.9. The molecule has 2 heteroatoms. The fourth-order valence-corrected chi connectivity index (χ4v) is 1.31. The minimum absolute atomic E-state index is 0.779. The Hall–Kier alpha value is -0.890. The van der Waals surface area contributed by atoms with Gasteiger partial charge in [-0.05, 0) is 43.0 Å². The van der Waals surface area contributed by atoms with Crippen LogP contribution in [-0.4, -0.2) is 11.5 Å². The Kier molecular flexibility index (Phi) is 4.60. The average Bonchev–Trinajstić information content (AvgIpc) is 2.15. The first-order valence-electron chi connectivity index (χ1n) is 5.30. The van der Waals surface area contributed by atoms with Gasteiger partial charge in [0.1, 0.15) is 0 Å². The third-order valence-electron chi connectivity index (χ3n) is 2.35. The molecule has 0 amide bonds. The van der Waals surface area contributed by atoms with Crippen LogP contribution >= 0.6 is 0 Å². The second kappa shape index (κ2) is 5.76. The van der Waals surface area contributed by atoms with E-state index in [0.29, 0.717) is 0 Å². The lowest BCUT2D eigenvalue weighted by Crippen LogP contribution is -2.16. The molecule has 0 bridgehead atoms. The summed E-state index contributed by atoms with van der Waals surface area (Å²) in [7, 11) is 0. The van der Waals surface area contributed by atoms with E-state index in [-0.39, 0.29) is 0 Å². The fourth-order valence-electron chi connectivity index (χ4n) is 1.31. The van der Waals surface area contributed by atoms with Crippen molar-refractivity contribution in [3.05, 3.63) is 29.6 Å². The van der Waals surface area contributed by atoms with E-state index in [0.717, 1.165) is 19.0 Å². The van der Waals surface area contributed by atoms with Crippen LogP contribution in [-0.2, 0) is 6.54 Å². The third kappa shape index (κ3) is 3.88. The summed E-state index contributed by atoms with van der Waals surface area (Å²) < 4.78 is 0. The molecule has 0 aliphatic rings. The number of hydrogen-bond donors (Lipinski definition) is 1. The van der Waals surface area contributed by atoms with Crippen molar-refractivity contribution in [1.29, 1.82) is 0 Å². The molecule has 0 saturated carbocycles. The van der Waals surface area contributed by atoms with Crippen molar-refractivity contribution in [3.63, 3.8) is 0 Å². The Morgan fingerprint density at radius 3 is 2.86 bits per heavy atom. The molecule has 0 atom stereocenters. The molecule has 14 heavy (non-hydrogen) atoms. The molecular weight excluding hydrogens is 172 g/mol. The second-order valence-electron chi connectivity index (χ2n) is 4.16. The second-order valence-corrected chi connectivity index (χ2v) is 4.16. The number of nitrogens with one attached hydrogen (secondary N) is 1. The van der Waals surface area contributed by atoms with Crippen molar-refractivity contribution in [1.82, 2.24) is 10.3 Å². The van der Waals surface area contributed by atoms with Crippen molar-refractivity contribution in [2.45, 2.75) is 33.7 Å². The summed E-state index contributed by atoms with van der Waals surface area (Å²) in [6.07, 6.45) is 5.01. The summed E-state index contributed by atoms with van der Waals surface area (Å²) in [6.45, 7) is 8.66. The monoisotopic (exact) mass is 192 g/mol. The summed E-state index contributed by atoms with van der Waals surface area (Å²) >= 11 is 0. The molecule has 0 radical (unpaired) electrons. The lowest BCUT2D eigenvalue weighted by Gasteiger charge is -2.08. The van der Waals surface area contributed by atoms with Crippen LogP contribution in [0.2, 0.25) is 0 Å². The number of pyridine rings is 1. The molecule has 1 aromatic rings. The maximum atomic E-state index is 4.07. The molecule has 0 aliphatic carbocycles. The molecule has 0 spiro atoms. The highest BCUT2D eigenvalue weighted by molar-refractivity contribution is 5.20. The van der Waals surface area contributed by atoms with Gasteiger partial charge >= 0.3 is 0 Å². The minimum Gasteiger partial charge on any atom is -0.313 e. The van der Waals surface area contributed by atoms with Crippen molar-refractivity contribution in [3.8, 4) is 0 Å². The average molecular weight is 192 g/mol. The van der Waals surface area contributed by atoms with Crippen molar-refractivity contribution >= 4 is 0 Å². The number of aromatic nitrogens is 1. The molecular formula is C12H20N2. The maximum absolute atomic E-state index is 4.07. The summed E-state index contributed by atoms with van der Waals surface area (Å²) in [6, 6.07) is 2.08. The summed E-state index contributed by atoms with van der Waals surface area (Å²) in [5.74, 6) is 0.779. The quantitative estimate of drug-likeness (QED) is 0.725. The molecule has 2 nitrogen and oxygen atoms in total. The first kappa shape index (κ1) is 11.2. The van der Waals surface area contributed by atoms with Crippen molar-refractivity contribution in [2.75, 3.05) is 6.54 Å².